The molecular formula is C46H54N2O7S. The summed E-state index contributed by atoms with van der Waals surface area (Å²) in [5, 5.41) is 24.5. The molecule has 3 N–H and O–H groups in total. The van der Waals surface area contributed by atoms with E-state index in [2.05, 4.69) is 78.1 Å². The number of amides is 1. The first kappa shape index (κ1) is 38.7. The van der Waals surface area contributed by atoms with Crippen molar-refractivity contribution >= 4 is 40.9 Å². The highest BCUT2D eigenvalue weighted by Crippen LogP contribution is 2.73. The van der Waals surface area contributed by atoms with Gasteiger partial charge < -0.3 is 29.7 Å². The lowest BCUT2D eigenvalue weighted by molar-refractivity contribution is -0.196. The van der Waals surface area contributed by atoms with E-state index in [1.807, 2.05) is 24.3 Å². The maximum absolute atomic E-state index is 15.4. The van der Waals surface area contributed by atoms with Gasteiger partial charge in [-0.3, -0.25) is 14.6 Å². The maximum atomic E-state index is 15.4. The summed E-state index contributed by atoms with van der Waals surface area (Å²) in [7, 11) is 0. The number of carbonyl (C=O) groups excluding carboxylic acids is 2. The summed E-state index contributed by atoms with van der Waals surface area (Å²) < 4.78 is 21.9. The highest BCUT2D eigenvalue weighted by molar-refractivity contribution is 8.00. The van der Waals surface area contributed by atoms with Crippen molar-refractivity contribution in [1.82, 2.24) is 5.32 Å². The van der Waals surface area contributed by atoms with Gasteiger partial charge in [-0.1, -0.05) is 41.5 Å². The number of nitrogens with zero attached hydrogens (tertiary/aromatic N) is 1. The molecule has 1 saturated heterocycles. The molecule has 4 aliphatic heterocycles. The number of benzene rings is 2. The van der Waals surface area contributed by atoms with Gasteiger partial charge in [0.2, 0.25) is 5.91 Å². The third-order valence-electron chi connectivity index (χ3n) is 12.8. The lowest BCUT2D eigenvalue weighted by Crippen LogP contribution is -2.79. The molecular weight excluding hydrogens is 725 g/mol. The molecule has 7 aliphatic rings. The molecule has 10 heteroatoms. The first-order valence-corrected chi connectivity index (χ1v) is 20.9. The molecule has 1 spiro atoms. The van der Waals surface area contributed by atoms with Crippen LogP contribution in [0.4, 0.5) is 5.69 Å². The minimum absolute atomic E-state index is 0.0193. The number of ether oxygens (including phenoxy) is 3. The topological polar surface area (TPSA) is 127 Å². The number of phenolic OH excluding ortho intramolecular Hbond substituents is 1. The number of aromatic hydroxyl groups is 1. The van der Waals surface area contributed by atoms with Gasteiger partial charge >= 0.3 is 0 Å². The summed E-state index contributed by atoms with van der Waals surface area (Å²) in [6.45, 7) is 16.2. The van der Waals surface area contributed by atoms with Crippen LogP contribution in [-0.2, 0) is 20.7 Å². The number of allylic oxidation sites excluding steroid dienone is 4. The average Bonchev–Trinajstić information content (AvgIpc) is 3.23. The third kappa shape index (κ3) is 5.76. The van der Waals surface area contributed by atoms with E-state index in [4.69, 9.17) is 19.2 Å². The van der Waals surface area contributed by atoms with Gasteiger partial charge in [0.15, 0.2) is 17.0 Å². The van der Waals surface area contributed by atoms with Gasteiger partial charge in [0.1, 0.15) is 22.8 Å². The number of ketones is 1. The van der Waals surface area contributed by atoms with E-state index in [1.54, 1.807) is 24.8 Å². The van der Waals surface area contributed by atoms with Crippen LogP contribution in [0.25, 0.3) is 6.08 Å². The molecule has 9 rings (SSSR count). The summed E-state index contributed by atoms with van der Waals surface area (Å²) in [5.41, 5.74) is 2.12. The second kappa shape index (κ2) is 13.8. The SMILES string of the molecule is CC(C)=CCCC1(C)C=Cc2c(O)c3c(c(CC=C(C)C)c2O1)OC12C4C3=Nc3ccccc3SC4C3CC1C(C)(C)OC2(CC=C(C)C(=O)NCCO)C3=O. The van der Waals surface area contributed by atoms with E-state index < -0.39 is 28.3 Å². The van der Waals surface area contributed by atoms with Crippen molar-refractivity contribution in [1.29, 1.82) is 0 Å². The van der Waals surface area contributed by atoms with Crippen LogP contribution in [0.2, 0.25) is 0 Å². The summed E-state index contributed by atoms with van der Waals surface area (Å²) in [4.78, 5) is 35.0. The Labute approximate surface area is 334 Å². The van der Waals surface area contributed by atoms with Crippen molar-refractivity contribution in [2.24, 2.45) is 22.7 Å². The van der Waals surface area contributed by atoms with Gasteiger partial charge in [-0.25, -0.2) is 0 Å². The molecule has 4 bridgehead atoms. The average molecular weight is 779 g/mol. The first-order valence-electron chi connectivity index (χ1n) is 20.0. The van der Waals surface area contributed by atoms with Crippen molar-refractivity contribution in [2.45, 2.75) is 120 Å². The number of aliphatic imine (C=N–C) groups is 1. The van der Waals surface area contributed by atoms with Crippen LogP contribution in [0.1, 0.15) is 97.8 Å². The van der Waals surface area contributed by atoms with E-state index in [-0.39, 0.29) is 54.1 Å². The number of hydrogen-bond acceptors (Lipinski definition) is 9. The minimum Gasteiger partial charge on any atom is -0.506 e. The van der Waals surface area contributed by atoms with Crippen molar-refractivity contribution in [2.75, 3.05) is 13.2 Å². The van der Waals surface area contributed by atoms with E-state index in [1.165, 1.54) is 5.57 Å². The van der Waals surface area contributed by atoms with Crippen LogP contribution < -0.4 is 14.8 Å². The fraction of sp³-hybridized carbons (Fsp3) is 0.500. The number of thioether (sulfide) groups is 1. The summed E-state index contributed by atoms with van der Waals surface area (Å²) in [6.07, 6.45) is 12.9. The third-order valence-corrected chi connectivity index (χ3v) is 14.3. The minimum atomic E-state index is -1.46. The largest absolute Gasteiger partial charge is 0.506 e. The predicted molar refractivity (Wildman–Crippen MR) is 220 cm³/mol. The number of phenols is 1. The van der Waals surface area contributed by atoms with Gasteiger partial charge in [-0.2, -0.15) is 0 Å². The quantitative estimate of drug-likeness (QED) is 0.162. The molecule has 9 nitrogen and oxygen atoms in total. The lowest BCUT2D eigenvalue weighted by Gasteiger charge is -2.63. The van der Waals surface area contributed by atoms with E-state index in [0.29, 0.717) is 46.8 Å². The fourth-order valence-corrected chi connectivity index (χ4v) is 11.8. The summed E-state index contributed by atoms with van der Waals surface area (Å²) >= 11 is 1.68. The van der Waals surface area contributed by atoms with Crippen molar-refractivity contribution in [3.63, 3.8) is 0 Å². The number of hydrogen-bond donors (Lipinski definition) is 3. The Morgan fingerprint density at radius 1 is 1.04 bits per heavy atom. The Morgan fingerprint density at radius 3 is 2.52 bits per heavy atom. The highest BCUT2D eigenvalue weighted by atomic mass is 32.2. The van der Waals surface area contributed by atoms with Crippen molar-refractivity contribution < 1.29 is 34.0 Å². The second-order valence-electron chi connectivity index (χ2n) is 17.6. The maximum Gasteiger partial charge on any atom is 0.246 e. The molecule has 56 heavy (non-hydrogen) atoms. The van der Waals surface area contributed by atoms with Crippen LogP contribution in [0, 0.1) is 17.8 Å². The number of fused-ring (bicyclic) bond motifs is 4. The van der Waals surface area contributed by atoms with Crippen LogP contribution in [0.3, 0.4) is 0 Å². The Bertz CT molecular complexity index is 2170. The molecule has 3 saturated carbocycles. The molecule has 2 aromatic carbocycles. The molecule has 7 atom stereocenters. The first-order chi connectivity index (χ1) is 26.6. The number of aliphatic hydroxyl groups is 1. The van der Waals surface area contributed by atoms with Gasteiger partial charge in [-0.15, -0.1) is 11.8 Å². The molecule has 2 aromatic rings. The molecule has 0 aromatic heterocycles. The zero-order valence-corrected chi connectivity index (χ0v) is 34.6. The van der Waals surface area contributed by atoms with Gasteiger partial charge in [0.05, 0.1) is 40.7 Å². The van der Waals surface area contributed by atoms with Crippen molar-refractivity contribution in [3.05, 3.63) is 82.0 Å². The Hall–Kier alpha value is -4.12. The normalized spacial score (nSPS) is 31.1. The summed E-state index contributed by atoms with van der Waals surface area (Å²) in [6, 6.07) is 8.03. The van der Waals surface area contributed by atoms with Crippen molar-refractivity contribution in [3.8, 4) is 17.2 Å². The number of para-hydroxylation sites is 1. The monoisotopic (exact) mass is 778 g/mol. The van der Waals surface area contributed by atoms with Crippen LogP contribution >= 0.6 is 11.8 Å². The number of aliphatic hydroxyl groups excluding tert-OH is 1. The number of nitrogens with one attached hydrogen (secondary N) is 1. The van der Waals surface area contributed by atoms with E-state index >= 15 is 4.79 Å². The lowest BCUT2D eigenvalue weighted by atomic mass is 9.46. The van der Waals surface area contributed by atoms with Crippen LogP contribution in [-0.4, -0.2) is 68.4 Å². The van der Waals surface area contributed by atoms with E-state index in [0.717, 1.165) is 34.6 Å². The second-order valence-corrected chi connectivity index (χ2v) is 18.8. The number of carbonyl (C=O) groups is 2. The molecule has 1 amide bonds. The zero-order chi connectivity index (χ0) is 39.9. The zero-order valence-electron chi connectivity index (χ0n) is 33.7. The number of rotatable bonds is 10. The molecule has 4 heterocycles. The Balaban J connectivity index is 1.40. The predicted octanol–water partition coefficient (Wildman–Crippen LogP) is 8.37. The van der Waals surface area contributed by atoms with Gasteiger partial charge in [0.25, 0.3) is 0 Å². The Kier molecular flexibility index (Phi) is 9.53. The van der Waals surface area contributed by atoms with E-state index in [9.17, 15) is 15.0 Å². The highest BCUT2D eigenvalue weighted by Gasteiger charge is 2.85. The Morgan fingerprint density at radius 2 is 1.79 bits per heavy atom. The molecule has 0 radical (unpaired) electrons. The molecule has 296 valence electrons. The molecule has 7 unspecified atom stereocenters. The van der Waals surface area contributed by atoms with Crippen LogP contribution in [0.15, 0.2) is 75.2 Å². The standard InChI is InChI=1S/C46H54N2O7S/c1-25(2)12-11-19-44(8)20-18-28-37(50)34-36-35-40(56-32-14-10-9-13-31(32)48-36)30-24-33-43(6,7)55-45(41(30)51,21-17-27(5)42(52)47-22-23-49)46(33,35)54-39(34)29(38(28)53-44)16-15-26(3)4/h9-10,12-15,17-18,20,30,33,35,40,49-50H,11,16,19,21-24H2,1-8H3,(H,47,52). The van der Waals surface area contributed by atoms with Gasteiger partial charge in [0, 0.05) is 46.1 Å². The number of Topliss-reactive ketones (excluding diaryl/α,β-unsaturated/α-hetero) is 1. The summed E-state index contributed by atoms with van der Waals surface area (Å²) in [5.74, 6) is -0.267. The smallest absolute Gasteiger partial charge is 0.246 e. The molecule has 3 aliphatic carbocycles. The fourth-order valence-electron chi connectivity index (χ4n) is 10.3. The van der Waals surface area contributed by atoms with Crippen LogP contribution in [0.5, 0.6) is 17.2 Å². The van der Waals surface area contributed by atoms with Gasteiger partial charge in [-0.05, 0) is 105 Å². The molecule has 4 fully saturated rings.